The van der Waals surface area contributed by atoms with E-state index in [9.17, 15) is 29.8 Å². The van der Waals surface area contributed by atoms with E-state index in [2.05, 4.69) is 0 Å². The van der Waals surface area contributed by atoms with Crippen molar-refractivity contribution in [3.63, 3.8) is 0 Å². The number of hydrogen-bond acceptors (Lipinski definition) is 8. The number of nitro groups is 1. The van der Waals surface area contributed by atoms with Gasteiger partial charge in [-0.25, -0.2) is 4.90 Å². The van der Waals surface area contributed by atoms with Crippen LogP contribution in [-0.4, -0.2) is 40.1 Å². The number of imide groups is 1. The van der Waals surface area contributed by atoms with Gasteiger partial charge in [-0.3, -0.25) is 19.7 Å². The number of carbonyl (C=O) groups is 2. The molecule has 0 saturated carbocycles. The standard InChI is InChI=1S/C29H33BN2O8/c1-3-17(12-21-9-10-22(16-33)39-21)8-11-25-26-18(4-2)13-23-27(24(26)15-30(36)40-25)29(35)31(28(23)34)19-6-5-7-20(14-19)32(37)38/h5-7,9-10,12,14,23-25,27,33,36H,3-4,8,11,13,15-16H2,1-2H3/b17-12+/t23-,24+,25-,27-/m1/s1. The highest BCUT2D eigenvalue weighted by atomic mass is 16.6. The van der Waals surface area contributed by atoms with Crippen LogP contribution < -0.4 is 4.90 Å². The molecular formula is C29H33BN2O8. The van der Waals surface area contributed by atoms with E-state index in [1.807, 2.05) is 26.0 Å². The number of carbonyl (C=O) groups excluding carboxylic acids is 2. The molecule has 40 heavy (non-hydrogen) atoms. The van der Waals surface area contributed by atoms with Gasteiger partial charge in [-0.15, -0.1) is 0 Å². The maximum atomic E-state index is 13.8. The van der Waals surface area contributed by atoms with Gasteiger partial charge >= 0.3 is 7.12 Å². The molecule has 2 fully saturated rings. The number of fused-ring (bicyclic) bond motifs is 3. The Kier molecular flexibility index (Phi) is 8.07. The van der Waals surface area contributed by atoms with Gasteiger partial charge in [-0.05, 0) is 74.2 Å². The van der Waals surface area contributed by atoms with Crippen LogP contribution in [0, 0.1) is 27.9 Å². The van der Waals surface area contributed by atoms with Crippen molar-refractivity contribution in [3.05, 3.63) is 74.8 Å². The third-order valence-electron chi connectivity index (χ3n) is 8.40. The summed E-state index contributed by atoms with van der Waals surface area (Å²) >= 11 is 0. The predicted octanol–water partition coefficient (Wildman–Crippen LogP) is 4.67. The molecule has 3 heterocycles. The summed E-state index contributed by atoms with van der Waals surface area (Å²) in [5.74, 6) is -1.16. The van der Waals surface area contributed by atoms with E-state index < -0.39 is 30.0 Å². The van der Waals surface area contributed by atoms with Crippen LogP contribution in [0.2, 0.25) is 6.32 Å². The van der Waals surface area contributed by atoms with Gasteiger partial charge in [0.15, 0.2) is 0 Å². The molecule has 0 spiro atoms. The maximum absolute atomic E-state index is 13.8. The van der Waals surface area contributed by atoms with Crippen LogP contribution in [0.15, 0.2) is 57.5 Å². The molecular weight excluding hydrogens is 515 g/mol. The molecule has 2 amide bonds. The largest absolute Gasteiger partial charge is 0.459 e. The van der Waals surface area contributed by atoms with Crippen molar-refractivity contribution in [2.24, 2.45) is 17.8 Å². The fourth-order valence-corrected chi connectivity index (χ4v) is 6.53. The van der Waals surface area contributed by atoms with Crippen molar-refractivity contribution < 1.29 is 33.7 Å². The Bertz CT molecular complexity index is 1380. The Morgan fingerprint density at radius 1 is 1.20 bits per heavy atom. The van der Waals surface area contributed by atoms with Gasteiger partial charge < -0.3 is 19.2 Å². The van der Waals surface area contributed by atoms with Crippen LogP contribution in [0.5, 0.6) is 0 Å². The fourth-order valence-electron chi connectivity index (χ4n) is 6.53. The fraction of sp³-hybridized carbons (Fsp3) is 0.448. The lowest BCUT2D eigenvalue weighted by molar-refractivity contribution is -0.384. The lowest BCUT2D eigenvalue weighted by Crippen LogP contribution is -2.46. The lowest BCUT2D eigenvalue weighted by atomic mass is 9.58. The highest BCUT2D eigenvalue weighted by Gasteiger charge is 2.57. The highest BCUT2D eigenvalue weighted by molar-refractivity contribution is 6.43. The smallest absolute Gasteiger partial charge is 0.455 e. The summed E-state index contributed by atoms with van der Waals surface area (Å²) in [5, 5.41) is 31.3. The average Bonchev–Trinajstić information content (AvgIpc) is 3.51. The number of aliphatic hydroxyl groups excluding tert-OH is 1. The molecule has 210 valence electrons. The molecule has 2 saturated heterocycles. The number of furan rings is 1. The molecule has 0 bridgehead atoms. The van der Waals surface area contributed by atoms with Crippen LogP contribution in [0.3, 0.4) is 0 Å². The Hall–Kier alpha value is -3.54. The van der Waals surface area contributed by atoms with Crippen LogP contribution in [-0.2, 0) is 20.9 Å². The number of aliphatic hydroxyl groups is 1. The molecule has 2 aliphatic heterocycles. The number of allylic oxidation sites excluding steroid dienone is 2. The monoisotopic (exact) mass is 548 g/mol. The topological polar surface area (TPSA) is 143 Å². The minimum absolute atomic E-state index is 0.166. The SMILES string of the molecule is CCC1=C2[C@@H](CC/C(=C/c3ccc(CO)o3)CC)OB(O)C[C@@H]2[C@@H]2C(=O)N(c3cccc([N+](=O)[O-])c3)C(=O)[C@@H]2C1. The second-order valence-electron chi connectivity index (χ2n) is 10.6. The highest BCUT2D eigenvalue weighted by Crippen LogP contribution is 2.52. The zero-order valence-corrected chi connectivity index (χ0v) is 22.6. The van der Waals surface area contributed by atoms with Gasteiger partial charge in [0.25, 0.3) is 5.69 Å². The van der Waals surface area contributed by atoms with Gasteiger partial charge in [0.05, 0.1) is 28.6 Å². The second-order valence-corrected chi connectivity index (χ2v) is 10.6. The average molecular weight is 548 g/mol. The molecule has 1 aliphatic carbocycles. The number of hydrogen-bond donors (Lipinski definition) is 2. The van der Waals surface area contributed by atoms with Crippen LogP contribution in [0.4, 0.5) is 11.4 Å². The summed E-state index contributed by atoms with van der Waals surface area (Å²) in [6.45, 7) is 3.91. The first-order valence-corrected chi connectivity index (χ1v) is 13.8. The number of nitrogens with zero attached hydrogens (tertiary/aromatic N) is 2. The van der Waals surface area contributed by atoms with E-state index in [1.54, 1.807) is 6.07 Å². The molecule has 0 unspecified atom stereocenters. The van der Waals surface area contributed by atoms with E-state index in [1.165, 1.54) is 24.3 Å². The zero-order valence-electron chi connectivity index (χ0n) is 22.6. The summed E-state index contributed by atoms with van der Waals surface area (Å²) in [5.41, 5.74) is 3.21. The number of benzene rings is 1. The number of rotatable bonds is 9. The summed E-state index contributed by atoms with van der Waals surface area (Å²) < 4.78 is 11.7. The molecule has 3 aliphatic rings. The minimum Gasteiger partial charge on any atom is -0.459 e. The second kappa shape index (κ2) is 11.5. The summed E-state index contributed by atoms with van der Waals surface area (Å²) in [4.78, 5) is 39.2. The number of amides is 2. The molecule has 1 aromatic carbocycles. The quantitative estimate of drug-likeness (QED) is 0.151. The lowest BCUT2D eigenvalue weighted by Gasteiger charge is -2.43. The van der Waals surface area contributed by atoms with Gasteiger partial charge in [0.2, 0.25) is 11.8 Å². The summed E-state index contributed by atoms with van der Waals surface area (Å²) in [6, 6.07) is 9.14. The Morgan fingerprint density at radius 3 is 2.67 bits per heavy atom. The molecule has 5 rings (SSSR count). The van der Waals surface area contributed by atoms with E-state index in [4.69, 9.17) is 9.07 Å². The van der Waals surface area contributed by atoms with Crippen LogP contribution in [0.1, 0.15) is 57.5 Å². The summed E-state index contributed by atoms with van der Waals surface area (Å²) in [6.07, 6.45) is 4.93. The third-order valence-corrected chi connectivity index (χ3v) is 8.40. The third kappa shape index (κ3) is 5.16. The van der Waals surface area contributed by atoms with Gasteiger partial charge in [-0.2, -0.15) is 0 Å². The molecule has 10 nitrogen and oxygen atoms in total. The Labute approximate surface area is 232 Å². The van der Waals surface area contributed by atoms with Gasteiger partial charge in [0.1, 0.15) is 18.1 Å². The van der Waals surface area contributed by atoms with E-state index in [0.717, 1.165) is 28.0 Å². The van der Waals surface area contributed by atoms with E-state index in [0.29, 0.717) is 37.2 Å². The molecule has 2 aromatic rings. The molecule has 2 N–H and O–H groups in total. The Balaban J connectivity index is 1.42. The van der Waals surface area contributed by atoms with Crippen LogP contribution >= 0.6 is 0 Å². The first-order valence-electron chi connectivity index (χ1n) is 13.8. The number of nitro benzene ring substituents is 1. The van der Waals surface area contributed by atoms with Crippen molar-refractivity contribution in [2.75, 3.05) is 4.90 Å². The van der Waals surface area contributed by atoms with Crippen molar-refractivity contribution in [2.45, 2.75) is 65.0 Å². The minimum atomic E-state index is -1.07. The number of non-ortho nitro benzene ring substituents is 1. The van der Waals surface area contributed by atoms with Crippen LogP contribution in [0.25, 0.3) is 6.08 Å². The van der Waals surface area contributed by atoms with Gasteiger partial charge in [-0.1, -0.05) is 31.1 Å². The first kappa shape index (κ1) is 28.0. The molecule has 11 heteroatoms. The zero-order chi connectivity index (χ0) is 28.6. The van der Waals surface area contributed by atoms with Crippen molar-refractivity contribution in [1.29, 1.82) is 0 Å². The van der Waals surface area contributed by atoms with Crippen molar-refractivity contribution >= 4 is 36.4 Å². The molecule has 4 atom stereocenters. The van der Waals surface area contributed by atoms with Crippen molar-refractivity contribution in [1.82, 2.24) is 0 Å². The van der Waals surface area contributed by atoms with Crippen molar-refractivity contribution in [3.8, 4) is 0 Å². The number of anilines is 1. The molecule has 0 radical (unpaired) electrons. The van der Waals surface area contributed by atoms with Gasteiger partial charge in [0, 0.05) is 12.1 Å². The normalized spacial score (nSPS) is 24.9. The van der Waals surface area contributed by atoms with E-state index in [-0.39, 0.29) is 42.0 Å². The molecule has 1 aromatic heterocycles. The maximum Gasteiger partial charge on any atom is 0.455 e. The first-order chi connectivity index (χ1) is 19.2. The van der Waals surface area contributed by atoms with E-state index >= 15 is 0 Å². The summed E-state index contributed by atoms with van der Waals surface area (Å²) in [7, 11) is -1.07. The Morgan fingerprint density at radius 2 is 2.00 bits per heavy atom. The predicted molar refractivity (Wildman–Crippen MR) is 148 cm³/mol.